The maximum Gasteiger partial charge on any atom is 0.261 e. The van der Waals surface area contributed by atoms with Crippen LogP contribution in [0.3, 0.4) is 0 Å². The highest BCUT2D eigenvalue weighted by molar-refractivity contribution is 9.10. The minimum Gasteiger partial charge on any atom is -0.484 e. The maximum absolute atomic E-state index is 12.6. The Balaban J connectivity index is 1.60. The molecule has 0 aliphatic rings. The first-order chi connectivity index (χ1) is 14.7. The average molecular weight is 503 g/mol. The Hall–Kier alpha value is -2.84. The molecule has 0 heterocycles. The minimum absolute atomic E-state index is 0.120. The number of benzene rings is 3. The third-order valence-corrected chi connectivity index (χ3v) is 6.50. The molecule has 2 N–H and O–H groups in total. The number of sulfonamides is 1. The Morgan fingerprint density at radius 1 is 1.03 bits per heavy atom. The molecule has 0 saturated heterocycles. The monoisotopic (exact) mass is 502 g/mol. The van der Waals surface area contributed by atoms with Gasteiger partial charge in [0.1, 0.15) is 5.75 Å². The van der Waals surface area contributed by atoms with Crippen molar-refractivity contribution in [3.63, 3.8) is 0 Å². The van der Waals surface area contributed by atoms with Gasteiger partial charge in [-0.1, -0.05) is 46.3 Å². The van der Waals surface area contributed by atoms with E-state index in [-0.39, 0.29) is 23.5 Å². The summed E-state index contributed by atoms with van der Waals surface area (Å²) >= 11 is 3.39. The zero-order chi connectivity index (χ0) is 22.4. The van der Waals surface area contributed by atoms with Crippen LogP contribution in [-0.4, -0.2) is 20.9 Å². The first-order valence-corrected chi connectivity index (χ1v) is 11.9. The molecule has 0 radical (unpaired) electrons. The number of halogens is 1. The van der Waals surface area contributed by atoms with Gasteiger partial charge in [0.15, 0.2) is 6.61 Å². The van der Waals surface area contributed by atoms with Crippen LogP contribution in [0.4, 0.5) is 5.69 Å². The highest BCUT2D eigenvalue weighted by atomic mass is 79.9. The van der Waals surface area contributed by atoms with E-state index in [0.717, 1.165) is 10.0 Å². The standard InChI is InChI=1S/C23H23BrN2O4S/c1-16-14-21(31(28,29)26-20-6-4-3-5-7-20)12-13-22(16)30-15-23(27)25-17(2)18-8-10-19(24)11-9-18/h3-14,17,26H,15H2,1-2H3,(H,25,27)/t17-/m1/s1. The number of carbonyl (C=O) groups is 1. The van der Waals surface area contributed by atoms with Crippen LogP contribution in [0.15, 0.2) is 82.2 Å². The Labute approximate surface area is 190 Å². The molecule has 1 amide bonds. The van der Waals surface area contributed by atoms with Crippen molar-refractivity contribution in [3.05, 3.63) is 88.4 Å². The van der Waals surface area contributed by atoms with Crippen LogP contribution < -0.4 is 14.8 Å². The molecule has 162 valence electrons. The molecule has 0 fully saturated rings. The lowest BCUT2D eigenvalue weighted by Crippen LogP contribution is -2.31. The van der Waals surface area contributed by atoms with Gasteiger partial charge in [0.2, 0.25) is 0 Å². The number of para-hydroxylation sites is 1. The zero-order valence-electron chi connectivity index (χ0n) is 17.1. The molecule has 0 aliphatic heterocycles. The molecule has 0 spiro atoms. The van der Waals surface area contributed by atoms with E-state index in [1.807, 2.05) is 37.3 Å². The Morgan fingerprint density at radius 3 is 2.35 bits per heavy atom. The molecule has 1 atom stereocenters. The molecule has 3 rings (SSSR count). The van der Waals surface area contributed by atoms with Gasteiger partial charge in [0.25, 0.3) is 15.9 Å². The second-order valence-electron chi connectivity index (χ2n) is 7.03. The van der Waals surface area contributed by atoms with Crippen molar-refractivity contribution in [2.45, 2.75) is 24.8 Å². The molecular formula is C23H23BrN2O4S. The van der Waals surface area contributed by atoms with E-state index in [0.29, 0.717) is 17.0 Å². The lowest BCUT2D eigenvalue weighted by molar-refractivity contribution is -0.123. The smallest absolute Gasteiger partial charge is 0.261 e. The first kappa shape index (κ1) is 22.8. The summed E-state index contributed by atoms with van der Waals surface area (Å²) in [6.45, 7) is 3.46. The van der Waals surface area contributed by atoms with Crippen LogP contribution in [0.1, 0.15) is 24.1 Å². The molecule has 0 aliphatic carbocycles. The third-order valence-electron chi connectivity index (χ3n) is 4.59. The molecule has 31 heavy (non-hydrogen) atoms. The van der Waals surface area contributed by atoms with Gasteiger partial charge in [-0.05, 0) is 67.4 Å². The molecule has 3 aromatic rings. The summed E-state index contributed by atoms with van der Waals surface area (Å²) < 4.78 is 34.3. The number of carbonyl (C=O) groups excluding carboxylic acids is 1. The van der Waals surface area contributed by atoms with Crippen molar-refractivity contribution in [3.8, 4) is 5.75 Å². The topological polar surface area (TPSA) is 84.5 Å². The van der Waals surface area contributed by atoms with Gasteiger partial charge in [-0.3, -0.25) is 9.52 Å². The molecule has 6 nitrogen and oxygen atoms in total. The highest BCUT2D eigenvalue weighted by Crippen LogP contribution is 2.24. The van der Waals surface area contributed by atoms with E-state index < -0.39 is 10.0 Å². The van der Waals surface area contributed by atoms with E-state index in [1.54, 1.807) is 37.3 Å². The largest absolute Gasteiger partial charge is 0.484 e. The summed E-state index contributed by atoms with van der Waals surface area (Å²) in [6.07, 6.45) is 0. The van der Waals surface area contributed by atoms with Crippen molar-refractivity contribution < 1.29 is 17.9 Å². The highest BCUT2D eigenvalue weighted by Gasteiger charge is 2.16. The van der Waals surface area contributed by atoms with Gasteiger partial charge in [-0.15, -0.1) is 0 Å². The Kier molecular flexibility index (Phi) is 7.35. The second kappa shape index (κ2) is 9.98. The third kappa shape index (κ3) is 6.32. The lowest BCUT2D eigenvalue weighted by atomic mass is 10.1. The fraction of sp³-hybridized carbons (Fsp3) is 0.174. The normalized spacial score (nSPS) is 12.1. The molecule has 0 unspecified atom stereocenters. The molecule has 8 heteroatoms. The SMILES string of the molecule is Cc1cc(S(=O)(=O)Nc2ccccc2)ccc1OCC(=O)N[C@H](C)c1ccc(Br)cc1. The number of hydrogen-bond donors (Lipinski definition) is 2. The summed E-state index contributed by atoms with van der Waals surface area (Å²) in [6, 6.07) is 20.7. The minimum atomic E-state index is -3.72. The molecule has 0 aromatic heterocycles. The van der Waals surface area contributed by atoms with Crippen molar-refractivity contribution >= 4 is 37.5 Å². The van der Waals surface area contributed by atoms with Gasteiger partial charge in [0.05, 0.1) is 10.9 Å². The summed E-state index contributed by atoms with van der Waals surface area (Å²) in [7, 11) is -3.72. The van der Waals surface area contributed by atoms with Crippen molar-refractivity contribution in [1.82, 2.24) is 5.32 Å². The van der Waals surface area contributed by atoms with E-state index in [4.69, 9.17) is 4.74 Å². The molecular weight excluding hydrogens is 480 g/mol. The van der Waals surface area contributed by atoms with Gasteiger partial charge in [-0.2, -0.15) is 0 Å². The van der Waals surface area contributed by atoms with Crippen LogP contribution >= 0.6 is 15.9 Å². The number of hydrogen-bond acceptors (Lipinski definition) is 4. The van der Waals surface area contributed by atoms with Gasteiger partial charge in [0, 0.05) is 10.2 Å². The predicted octanol–water partition coefficient (Wildman–Crippen LogP) is 4.81. The van der Waals surface area contributed by atoms with Gasteiger partial charge >= 0.3 is 0 Å². The first-order valence-electron chi connectivity index (χ1n) is 9.61. The van der Waals surface area contributed by atoms with E-state index in [1.165, 1.54) is 12.1 Å². The summed E-state index contributed by atoms with van der Waals surface area (Å²) in [4.78, 5) is 12.4. The van der Waals surface area contributed by atoms with Gasteiger partial charge in [-0.25, -0.2) is 8.42 Å². The number of amides is 1. The lowest BCUT2D eigenvalue weighted by Gasteiger charge is -2.16. The fourth-order valence-electron chi connectivity index (χ4n) is 2.93. The van der Waals surface area contributed by atoms with Crippen molar-refractivity contribution in [2.75, 3.05) is 11.3 Å². The Bertz CT molecular complexity index is 1150. The zero-order valence-corrected chi connectivity index (χ0v) is 19.5. The fourth-order valence-corrected chi connectivity index (χ4v) is 4.34. The number of ether oxygens (including phenoxy) is 1. The summed E-state index contributed by atoms with van der Waals surface area (Å²) in [5.41, 5.74) is 2.08. The van der Waals surface area contributed by atoms with E-state index >= 15 is 0 Å². The maximum atomic E-state index is 12.6. The van der Waals surface area contributed by atoms with E-state index in [2.05, 4.69) is 26.0 Å². The van der Waals surface area contributed by atoms with Crippen molar-refractivity contribution in [1.29, 1.82) is 0 Å². The predicted molar refractivity (Wildman–Crippen MR) is 125 cm³/mol. The average Bonchev–Trinajstić information content (AvgIpc) is 2.73. The van der Waals surface area contributed by atoms with Crippen LogP contribution in [0.5, 0.6) is 5.75 Å². The number of nitrogens with one attached hydrogen (secondary N) is 2. The van der Waals surface area contributed by atoms with Crippen LogP contribution in [-0.2, 0) is 14.8 Å². The van der Waals surface area contributed by atoms with Crippen LogP contribution in [0, 0.1) is 6.92 Å². The summed E-state index contributed by atoms with van der Waals surface area (Å²) in [5, 5.41) is 2.88. The molecule has 0 saturated carbocycles. The molecule has 0 bridgehead atoms. The van der Waals surface area contributed by atoms with Crippen LogP contribution in [0.25, 0.3) is 0 Å². The van der Waals surface area contributed by atoms with Gasteiger partial charge < -0.3 is 10.1 Å². The quantitative estimate of drug-likeness (QED) is 0.462. The second-order valence-corrected chi connectivity index (χ2v) is 9.63. The number of rotatable bonds is 8. The Morgan fingerprint density at radius 2 is 1.71 bits per heavy atom. The molecule has 3 aromatic carbocycles. The van der Waals surface area contributed by atoms with Crippen molar-refractivity contribution in [2.24, 2.45) is 0 Å². The number of aryl methyl sites for hydroxylation is 1. The number of anilines is 1. The van der Waals surface area contributed by atoms with E-state index in [9.17, 15) is 13.2 Å². The summed E-state index contributed by atoms with van der Waals surface area (Å²) in [5.74, 6) is 0.183. The van der Waals surface area contributed by atoms with Crippen LogP contribution in [0.2, 0.25) is 0 Å².